The van der Waals surface area contributed by atoms with Crippen LogP contribution in [0.4, 0.5) is 10.2 Å². The minimum atomic E-state index is -0.184. The highest BCUT2D eigenvalue weighted by Crippen LogP contribution is 2.18. The van der Waals surface area contributed by atoms with Crippen LogP contribution in [0.5, 0.6) is 0 Å². The molecular weight excluding hydrogens is 508 g/mol. The lowest BCUT2D eigenvalue weighted by atomic mass is 10.1. The maximum absolute atomic E-state index is 13.4. The number of benzene rings is 1. The number of nitrogens with zero attached hydrogens (tertiary/aromatic N) is 3. The number of pyridine rings is 1. The van der Waals surface area contributed by atoms with Crippen molar-refractivity contribution in [2.24, 2.45) is 4.99 Å². The topological polar surface area (TPSA) is 61.8 Å². The summed E-state index contributed by atoms with van der Waals surface area (Å²) in [6.45, 7) is 11.6. The second-order valence-electron chi connectivity index (χ2n) is 7.82. The Morgan fingerprint density at radius 1 is 1.16 bits per heavy atom. The van der Waals surface area contributed by atoms with E-state index in [1.807, 2.05) is 19.2 Å². The normalized spacial score (nSPS) is 19.0. The number of ether oxygens (including phenoxy) is 1. The molecule has 2 atom stereocenters. The van der Waals surface area contributed by atoms with Crippen molar-refractivity contribution in [3.8, 4) is 0 Å². The highest BCUT2D eigenvalue weighted by Gasteiger charge is 2.22. The summed E-state index contributed by atoms with van der Waals surface area (Å²) in [5, 5.41) is 6.54. The number of nitrogens with one attached hydrogen (secondary N) is 2. The van der Waals surface area contributed by atoms with Gasteiger partial charge >= 0.3 is 0 Å². The molecule has 6 nitrogen and oxygen atoms in total. The van der Waals surface area contributed by atoms with Crippen molar-refractivity contribution < 1.29 is 9.13 Å². The van der Waals surface area contributed by atoms with E-state index in [4.69, 9.17) is 4.74 Å². The quantitative estimate of drug-likeness (QED) is 0.329. The maximum Gasteiger partial charge on any atom is 0.191 e. The van der Waals surface area contributed by atoms with Crippen LogP contribution in [0.2, 0.25) is 0 Å². The molecule has 0 aliphatic carbocycles. The number of aryl methyl sites for hydroxylation is 1. The van der Waals surface area contributed by atoms with Crippen molar-refractivity contribution in [1.29, 1.82) is 0 Å². The number of morpholine rings is 1. The van der Waals surface area contributed by atoms with Gasteiger partial charge in [-0.05, 0) is 56.5 Å². The monoisotopic (exact) mass is 541 g/mol. The lowest BCUT2D eigenvalue weighted by Crippen LogP contribution is -2.45. The second kappa shape index (κ2) is 12.2. The lowest BCUT2D eigenvalue weighted by Gasteiger charge is -2.36. The van der Waals surface area contributed by atoms with Gasteiger partial charge in [0.25, 0.3) is 0 Å². The van der Waals surface area contributed by atoms with Gasteiger partial charge in [0.1, 0.15) is 11.6 Å². The maximum atomic E-state index is 13.4. The van der Waals surface area contributed by atoms with Gasteiger partial charge in [-0.15, -0.1) is 24.0 Å². The van der Waals surface area contributed by atoms with Gasteiger partial charge in [0.15, 0.2) is 5.96 Å². The Bertz CT molecular complexity index is 852. The predicted molar refractivity (Wildman–Crippen MR) is 135 cm³/mol. The van der Waals surface area contributed by atoms with Gasteiger partial charge in [-0.25, -0.2) is 14.4 Å². The highest BCUT2D eigenvalue weighted by molar-refractivity contribution is 14.0. The average Bonchev–Trinajstić information content (AvgIpc) is 2.72. The molecule has 0 spiro atoms. The molecule has 2 aromatic rings. The van der Waals surface area contributed by atoms with Crippen molar-refractivity contribution in [1.82, 2.24) is 15.6 Å². The summed E-state index contributed by atoms with van der Waals surface area (Å²) in [4.78, 5) is 11.5. The highest BCUT2D eigenvalue weighted by atomic mass is 127. The summed E-state index contributed by atoms with van der Waals surface area (Å²) in [6, 6.07) is 9.26. The van der Waals surface area contributed by atoms with Gasteiger partial charge in [-0.2, -0.15) is 0 Å². The zero-order valence-electron chi connectivity index (χ0n) is 18.7. The summed E-state index contributed by atoms with van der Waals surface area (Å²) in [5.41, 5.74) is 2.70. The molecule has 1 aliphatic rings. The van der Waals surface area contributed by atoms with Crippen LogP contribution in [0.3, 0.4) is 0 Å². The fourth-order valence-electron chi connectivity index (χ4n) is 3.58. The largest absolute Gasteiger partial charge is 0.372 e. The third kappa shape index (κ3) is 7.60. The van der Waals surface area contributed by atoms with Gasteiger partial charge in [0.2, 0.25) is 0 Å². The van der Waals surface area contributed by atoms with Crippen LogP contribution in [-0.2, 0) is 17.8 Å². The van der Waals surface area contributed by atoms with Crippen LogP contribution in [0.25, 0.3) is 0 Å². The molecule has 3 rings (SSSR count). The van der Waals surface area contributed by atoms with E-state index in [9.17, 15) is 4.39 Å². The molecule has 2 N–H and O–H groups in total. The fourth-order valence-corrected chi connectivity index (χ4v) is 3.58. The Labute approximate surface area is 201 Å². The molecule has 1 saturated heterocycles. The number of hydrogen-bond donors (Lipinski definition) is 2. The smallest absolute Gasteiger partial charge is 0.191 e. The molecule has 8 heteroatoms. The van der Waals surface area contributed by atoms with Gasteiger partial charge < -0.3 is 20.3 Å². The fraction of sp³-hybridized carbons (Fsp3) is 0.478. The third-order valence-electron chi connectivity index (χ3n) is 5.00. The van der Waals surface area contributed by atoms with Crippen molar-refractivity contribution in [2.75, 3.05) is 24.5 Å². The first-order chi connectivity index (χ1) is 14.4. The van der Waals surface area contributed by atoms with Crippen molar-refractivity contribution >= 4 is 35.8 Å². The minimum Gasteiger partial charge on any atom is -0.372 e. The van der Waals surface area contributed by atoms with E-state index in [0.29, 0.717) is 18.7 Å². The molecule has 1 fully saturated rings. The van der Waals surface area contributed by atoms with Gasteiger partial charge in [-0.1, -0.05) is 18.2 Å². The van der Waals surface area contributed by atoms with Crippen LogP contribution in [0, 0.1) is 12.7 Å². The molecule has 2 unspecified atom stereocenters. The summed E-state index contributed by atoms with van der Waals surface area (Å²) < 4.78 is 19.2. The second-order valence-corrected chi connectivity index (χ2v) is 7.82. The van der Waals surface area contributed by atoms with Crippen LogP contribution < -0.4 is 15.5 Å². The number of anilines is 1. The molecule has 1 aromatic heterocycles. The summed E-state index contributed by atoms with van der Waals surface area (Å²) >= 11 is 0. The first kappa shape index (κ1) is 25.3. The Morgan fingerprint density at radius 3 is 2.48 bits per heavy atom. The van der Waals surface area contributed by atoms with Crippen LogP contribution >= 0.6 is 24.0 Å². The van der Waals surface area contributed by atoms with E-state index in [0.717, 1.165) is 42.5 Å². The third-order valence-corrected chi connectivity index (χ3v) is 5.00. The first-order valence-electron chi connectivity index (χ1n) is 10.6. The molecule has 2 heterocycles. The number of hydrogen-bond acceptors (Lipinski definition) is 4. The Balaban J connectivity index is 0.00000341. The zero-order chi connectivity index (χ0) is 21.5. The number of halogens is 2. The van der Waals surface area contributed by atoms with Crippen LogP contribution in [0.15, 0.2) is 41.5 Å². The standard InChI is InChI=1S/C23H32FN5O.HI/c1-5-25-23(27-11-19-6-8-21(24)16(2)10-19)28-13-20-7-9-22(26-12-20)29-14-17(3)30-18(4)15-29;/h6-10,12,17-18H,5,11,13-15H2,1-4H3,(H2,25,27,28);1H. The molecule has 0 radical (unpaired) electrons. The van der Waals surface area contributed by atoms with E-state index >= 15 is 0 Å². The number of aliphatic imine (C=N–C) groups is 1. The van der Waals surface area contributed by atoms with Crippen molar-refractivity contribution in [3.05, 3.63) is 59.0 Å². The van der Waals surface area contributed by atoms with Crippen LogP contribution in [0.1, 0.15) is 37.5 Å². The lowest BCUT2D eigenvalue weighted by molar-refractivity contribution is -0.00545. The van der Waals surface area contributed by atoms with E-state index in [1.165, 1.54) is 6.07 Å². The molecule has 1 aliphatic heterocycles. The molecule has 1 aromatic carbocycles. The Hall–Kier alpha value is -1.94. The first-order valence-corrected chi connectivity index (χ1v) is 10.6. The van der Waals surface area contributed by atoms with E-state index < -0.39 is 0 Å². The molecule has 31 heavy (non-hydrogen) atoms. The van der Waals surface area contributed by atoms with E-state index in [1.54, 1.807) is 13.0 Å². The summed E-state index contributed by atoms with van der Waals surface area (Å²) in [5.74, 6) is 1.51. The number of guanidine groups is 1. The minimum absolute atomic E-state index is 0. The Morgan fingerprint density at radius 2 is 1.87 bits per heavy atom. The summed E-state index contributed by atoms with van der Waals surface area (Å²) in [6.07, 6.45) is 2.30. The van der Waals surface area contributed by atoms with Crippen LogP contribution in [-0.4, -0.2) is 42.8 Å². The molecule has 0 saturated carbocycles. The Kier molecular flexibility index (Phi) is 9.95. The molecule has 0 amide bonds. The SMILES string of the molecule is CCNC(=NCc1ccc(N2CC(C)OC(C)C2)nc1)NCc1ccc(F)c(C)c1.I. The molecular formula is C23H33FIN5O. The van der Waals surface area contributed by atoms with Crippen molar-refractivity contribution in [2.45, 2.75) is 53.0 Å². The average molecular weight is 541 g/mol. The van der Waals surface area contributed by atoms with E-state index in [-0.39, 0.29) is 42.0 Å². The predicted octanol–water partition coefficient (Wildman–Crippen LogP) is 4.02. The van der Waals surface area contributed by atoms with Crippen molar-refractivity contribution in [3.63, 3.8) is 0 Å². The van der Waals surface area contributed by atoms with E-state index in [2.05, 4.69) is 51.5 Å². The zero-order valence-corrected chi connectivity index (χ0v) is 21.0. The number of aromatic nitrogens is 1. The summed E-state index contributed by atoms with van der Waals surface area (Å²) in [7, 11) is 0. The number of rotatable bonds is 6. The van der Waals surface area contributed by atoms with Gasteiger partial charge in [0, 0.05) is 32.4 Å². The molecule has 170 valence electrons. The molecule has 0 bridgehead atoms. The van der Waals surface area contributed by atoms with Gasteiger partial charge in [0.05, 0.1) is 18.8 Å². The van der Waals surface area contributed by atoms with Gasteiger partial charge in [-0.3, -0.25) is 0 Å².